The number of alkyl halides is 3. The molecule has 0 spiro atoms. The average Bonchev–Trinajstić information content (AvgIpc) is 2.78. The predicted molar refractivity (Wildman–Crippen MR) is 130 cm³/mol. The molecule has 0 bridgehead atoms. The zero-order chi connectivity index (χ0) is 26.2. The van der Waals surface area contributed by atoms with Crippen LogP contribution in [0.3, 0.4) is 0 Å². The van der Waals surface area contributed by atoms with Crippen molar-refractivity contribution in [2.24, 2.45) is 5.92 Å². The second-order valence-electron chi connectivity index (χ2n) is 8.82. The third-order valence-electron chi connectivity index (χ3n) is 5.80. The largest absolute Gasteiger partial charge is 0.416 e. The number of aliphatic hydroxyl groups is 1. The molecule has 2 aromatic rings. The fourth-order valence-electron chi connectivity index (χ4n) is 3.64. The molecule has 0 saturated carbocycles. The summed E-state index contributed by atoms with van der Waals surface area (Å²) in [6.07, 6.45) is -4.21. The molecule has 0 fully saturated rings. The maximum atomic E-state index is 12.9. The van der Waals surface area contributed by atoms with E-state index in [0.29, 0.717) is 19.4 Å². The first-order valence-corrected chi connectivity index (χ1v) is 11.7. The third kappa shape index (κ3) is 8.67. The van der Waals surface area contributed by atoms with Crippen molar-refractivity contribution in [2.45, 2.75) is 65.4 Å². The van der Waals surface area contributed by atoms with Crippen molar-refractivity contribution >= 4 is 17.5 Å². The van der Waals surface area contributed by atoms with Crippen molar-refractivity contribution in [3.8, 4) is 0 Å². The monoisotopic (exact) mass is 493 g/mol. The number of benzene rings is 2. The standard InChI is InChI=1S/C26H34F3N3O3/c1-5-7-23(33)22(15-30-14-19-11-10-16(2)12-17(19)3)32-25(35)18(4)24(34)31-21-9-6-8-20(13-21)26(27,28)29/h6,8-13,18,22-23,30,33H,5,7,14-15H2,1-4H3,(H,31,34)(H,32,35)/t18?,22-,23-/m0/s1. The number of hydrogen-bond acceptors (Lipinski definition) is 4. The second-order valence-corrected chi connectivity index (χ2v) is 8.82. The van der Waals surface area contributed by atoms with E-state index in [1.807, 2.05) is 32.9 Å². The van der Waals surface area contributed by atoms with Gasteiger partial charge in [-0.05, 0) is 56.5 Å². The van der Waals surface area contributed by atoms with Crippen molar-refractivity contribution in [2.75, 3.05) is 11.9 Å². The Morgan fingerprint density at radius 3 is 2.40 bits per heavy atom. The van der Waals surface area contributed by atoms with Gasteiger partial charge in [0.25, 0.3) is 0 Å². The van der Waals surface area contributed by atoms with Crippen molar-refractivity contribution in [3.05, 3.63) is 64.7 Å². The van der Waals surface area contributed by atoms with Gasteiger partial charge >= 0.3 is 6.18 Å². The van der Waals surface area contributed by atoms with Gasteiger partial charge in [0.1, 0.15) is 5.92 Å². The number of carbonyl (C=O) groups excluding carboxylic acids is 2. The van der Waals surface area contributed by atoms with Gasteiger partial charge in [0.2, 0.25) is 11.8 Å². The van der Waals surface area contributed by atoms with Crippen molar-refractivity contribution in [1.29, 1.82) is 0 Å². The van der Waals surface area contributed by atoms with E-state index in [1.54, 1.807) is 0 Å². The zero-order valence-corrected chi connectivity index (χ0v) is 20.5. The molecule has 4 N–H and O–H groups in total. The van der Waals surface area contributed by atoms with Crippen molar-refractivity contribution in [1.82, 2.24) is 10.6 Å². The quantitative estimate of drug-likeness (QED) is 0.351. The van der Waals surface area contributed by atoms with Gasteiger partial charge in [-0.15, -0.1) is 0 Å². The smallest absolute Gasteiger partial charge is 0.391 e. The summed E-state index contributed by atoms with van der Waals surface area (Å²) in [7, 11) is 0. The molecule has 0 aliphatic carbocycles. The van der Waals surface area contributed by atoms with Gasteiger partial charge in [0, 0.05) is 18.8 Å². The lowest BCUT2D eigenvalue weighted by atomic mass is 10.0. The molecular weight excluding hydrogens is 459 g/mol. The third-order valence-corrected chi connectivity index (χ3v) is 5.80. The Morgan fingerprint density at radius 2 is 1.77 bits per heavy atom. The first-order chi connectivity index (χ1) is 16.4. The molecule has 2 rings (SSSR count). The van der Waals surface area contributed by atoms with Crippen molar-refractivity contribution in [3.63, 3.8) is 0 Å². The Morgan fingerprint density at radius 1 is 1.06 bits per heavy atom. The van der Waals surface area contributed by atoms with Crippen LogP contribution in [0.1, 0.15) is 48.9 Å². The molecule has 6 nitrogen and oxygen atoms in total. The number of aryl methyl sites for hydroxylation is 2. The van der Waals surface area contributed by atoms with Gasteiger partial charge in [-0.25, -0.2) is 0 Å². The molecule has 3 atom stereocenters. The van der Waals surface area contributed by atoms with Gasteiger partial charge in [-0.2, -0.15) is 13.2 Å². The summed E-state index contributed by atoms with van der Waals surface area (Å²) in [6, 6.07) is 9.69. The summed E-state index contributed by atoms with van der Waals surface area (Å²) >= 11 is 0. The van der Waals surface area contributed by atoms with Gasteiger partial charge in [0.05, 0.1) is 17.7 Å². The molecule has 35 heavy (non-hydrogen) atoms. The van der Waals surface area contributed by atoms with Crippen LogP contribution in [-0.2, 0) is 22.3 Å². The van der Waals surface area contributed by atoms with E-state index in [0.717, 1.165) is 28.8 Å². The number of amides is 2. The summed E-state index contributed by atoms with van der Waals surface area (Å²) < 4.78 is 38.8. The first-order valence-electron chi connectivity index (χ1n) is 11.7. The van der Waals surface area contributed by atoms with E-state index < -0.39 is 41.6 Å². The molecule has 1 unspecified atom stereocenters. The molecule has 0 radical (unpaired) electrons. The topological polar surface area (TPSA) is 90.5 Å². The van der Waals surface area contributed by atoms with Gasteiger partial charge in [0.15, 0.2) is 0 Å². The van der Waals surface area contributed by atoms with Crippen LogP contribution in [-0.4, -0.2) is 35.6 Å². The van der Waals surface area contributed by atoms with Crippen LogP contribution in [0.25, 0.3) is 0 Å². The fraction of sp³-hybridized carbons (Fsp3) is 0.462. The molecule has 0 heterocycles. The number of rotatable bonds is 11. The summed E-state index contributed by atoms with van der Waals surface area (Å²) in [6.45, 7) is 8.13. The number of hydrogen-bond donors (Lipinski definition) is 4. The van der Waals surface area contributed by atoms with Crippen LogP contribution in [0.2, 0.25) is 0 Å². The van der Waals surface area contributed by atoms with Crippen molar-refractivity contribution < 1.29 is 27.9 Å². The summed E-state index contributed by atoms with van der Waals surface area (Å²) in [4.78, 5) is 25.3. The molecule has 2 aromatic carbocycles. The summed E-state index contributed by atoms with van der Waals surface area (Å²) in [5, 5.41) is 18.9. The normalized spacial score (nSPS) is 14.2. The Kier molecular flexibility index (Phi) is 10.3. The maximum absolute atomic E-state index is 12.9. The van der Waals surface area contributed by atoms with Gasteiger partial charge in [-0.1, -0.05) is 43.2 Å². The molecule has 2 amide bonds. The summed E-state index contributed by atoms with van der Waals surface area (Å²) in [5.74, 6) is -2.54. The minimum atomic E-state index is -4.55. The van der Waals surface area contributed by atoms with Crippen LogP contribution in [0.4, 0.5) is 18.9 Å². The Balaban J connectivity index is 2.00. The van der Waals surface area contributed by atoms with E-state index in [1.165, 1.54) is 19.1 Å². The highest BCUT2D eigenvalue weighted by atomic mass is 19.4. The minimum Gasteiger partial charge on any atom is -0.391 e. The van der Waals surface area contributed by atoms with Crippen LogP contribution < -0.4 is 16.0 Å². The average molecular weight is 494 g/mol. The lowest BCUT2D eigenvalue weighted by Crippen LogP contribution is -2.51. The number of nitrogens with one attached hydrogen (secondary N) is 3. The molecule has 0 aliphatic heterocycles. The molecular formula is C26H34F3N3O3. The highest BCUT2D eigenvalue weighted by Crippen LogP contribution is 2.30. The van der Waals surface area contributed by atoms with Crippen LogP contribution in [0.5, 0.6) is 0 Å². The predicted octanol–water partition coefficient (Wildman–Crippen LogP) is 4.33. The number of anilines is 1. The van der Waals surface area contributed by atoms with Crippen LogP contribution in [0, 0.1) is 19.8 Å². The molecule has 9 heteroatoms. The SMILES string of the molecule is CCC[C@H](O)[C@H](CNCc1ccc(C)cc1C)NC(=O)C(C)C(=O)Nc1cccc(C(F)(F)F)c1. The molecule has 192 valence electrons. The first kappa shape index (κ1) is 28.3. The highest BCUT2D eigenvalue weighted by Gasteiger charge is 2.31. The van der Waals surface area contributed by atoms with Crippen LogP contribution >= 0.6 is 0 Å². The zero-order valence-electron chi connectivity index (χ0n) is 20.5. The van der Waals surface area contributed by atoms with E-state index in [2.05, 4.69) is 22.0 Å². The molecule has 0 aliphatic rings. The van der Waals surface area contributed by atoms with E-state index in [4.69, 9.17) is 0 Å². The second kappa shape index (κ2) is 12.7. The van der Waals surface area contributed by atoms with E-state index in [-0.39, 0.29) is 12.2 Å². The highest BCUT2D eigenvalue weighted by molar-refractivity contribution is 6.06. The minimum absolute atomic E-state index is 0.0535. The van der Waals surface area contributed by atoms with Gasteiger partial charge in [-0.3, -0.25) is 9.59 Å². The van der Waals surface area contributed by atoms with Crippen LogP contribution in [0.15, 0.2) is 42.5 Å². The lowest BCUT2D eigenvalue weighted by molar-refractivity contribution is -0.138. The summed E-state index contributed by atoms with van der Waals surface area (Å²) in [5.41, 5.74) is 2.44. The number of aliphatic hydroxyl groups excluding tert-OH is 1. The Labute approximate surface area is 204 Å². The van der Waals surface area contributed by atoms with E-state index >= 15 is 0 Å². The van der Waals surface area contributed by atoms with E-state index in [9.17, 15) is 27.9 Å². The lowest BCUT2D eigenvalue weighted by Gasteiger charge is -2.26. The Hall–Kier alpha value is -2.91. The fourth-order valence-corrected chi connectivity index (χ4v) is 3.64. The number of halogens is 3. The van der Waals surface area contributed by atoms with Gasteiger partial charge < -0.3 is 21.1 Å². The number of carbonyl (C=O) groups is 2. The Bertz CT molecular complexity index is 1010. The molecule has 0 aromatic heterocycles. The molecule has 0 saturated heterocycles. The maximum Gasteiger partial charge on any atom is 0.416 e.